The molecule has 0 saturated carbocycles. The van der Waals surface area contributed by atoms with Gasteiger partial charge < -0.3 is 10.5 Å². The molecule has 0 spiro atoms. The van der Waals surface area contributed by atoms with Crippen molar-refractivity contribution in [3.8, 4) is 5.75 Å². The summed E-state index contributed by atoms with van der Waals surface area (Å²) in [5, 5.41) is 0. The molecule has 4 heteroatoms. The normalized spacial score (nSPS) is 12.2. The van der Waals surface area contributed by atoms with Gasteiger partial charge in [-0.05, 0) is 36.6 Å². The van der Waals surface area contributed by atoms with E-state index in [1.165, 1.54) is 17.8 Å². The Kier molecular flexibility index (Phi) is 5.07. The SMILES string of the molecule is CCC(N)Cc1ccc(OCc2cncc(F)c2)cc1. The van der Waals surface area contributed by atoms with E-state index in [9.17, 15) is 4.39 Å². The number of ether oxygens (including phenoxy) is 1. The Labute approximate surface area is 118 Å². The molecule has 0 aliphatic carbocycles. The summed E-state index contributed by atoms with van der Waals surface area (Å²) in [4.78, 5) is 3.78. The van der Waals surface area contributed by atoms with Crippen LogP contribution in [-0.4, -0.2) is 11.0 Å². The Balaban J connectivity index is 1.90. The van der Waals surface area contributed by atoms with Gasteiger partial charge in [0.2, 0.25) is 0 Å². The molecule has 2 rings (SSSR count). The van der Waals surface area contributed by atoms with E-state index in [1.807, 2.05) is 24.3 Å². The summed E-state index contributed by atoms with van der Waals surface area (Å²) in [5.74, 6) is 0.401. The molecule has 1 aromatic heterocycles. The Morgan fingerprint density at radius 3 is 2.60 bits per heavy atom. The quantitative estimate of drug-likeness (QED) is 0.880. The minimum absolute atomic E-state index is 0.195. The number of nitrogens with zero attached hydrogens (tertiary/aromatic N) is 1. The monoisotopic (exact) mass is 274 g/mol. The van der Waals surface area contributed by atoms with E-state index in [4.69, 9.17) is 10.5 Å². The third kappa shape index (κ3) is 4.31. The van der Waals surface area contributed by atoms with E-state index in [0.717, 1.165) is 18.6 Å². The molecule has 20 heavy (non-hydrogen) atoms. The van der Waals surface area contributed by atoms with Crippen LogP contribution in [-0.2, 0) is 13.0 Å². The van der Waals surface area contributed by atoms with E-state index in [0.29, 0.717) is 12.2 Å². The van der Waals surface area contributed by atoms with Gasteiger partial charge in [0, 0.05) is 17.8 Å². The molecule has 2 aromatic rings. The molecule has 1 unspecified atom stereocenters. The van der Waals surface area contributed by atoms with Crippen molar-refractivity contribution in [2.45, 2.75) is 32.4 Å². The van der Waals surface area contributed by atoms with Crippen molar-refractivity contribution in [1.82, 2.24) is 4.98 Å². The van der Waals surface area contributed by atoms with Crippen LogP contribution in [0, 0.1) is 5.82 Å². The molecule has 0 aliphatic heterocycles. The number of aromatic nitrogens is 1. The summed E-state index contributed by atoms with van der Waals surface area (Å²) in [6.07, 6.45) is 4.60. The minimum atomic E-state index is -0.352. The molecule has 1 heterocycles. The number of hydrogen-bond acceptors (Lipinski definition) is 3. The van der Waals surface area contributed by atoms with Crippen molar-refractivity contribution in [2.75, 3.05) is 0 Å². The zero-order chi connectivity index (χ0) is 14.4. The molecule has 2 N–H and O–H groups in total. The zero-order valence-electron chi connectivity index (χ0n) is 11.6. The molecule has 1 aromatic carbocycles. The number of benzene rings is 1. The van der Waals surface area contributed by atoms with E-state index in [2.05, 4.69) is 11.9 Å². The second-order valence-electron chi connectivity index (χ2n) is 4.82. The molecule has 0 aliphatic rings. The van der Waals surface area contributed by atoms with Crippen LogP contribution in [0.25, 0.3) is 0 Å². The molecule has 1 atom stereocenters. The summed E-state index contributed by atoms with van der Waals surface area (Å²) in [7, 11) is 0. The van der Waals surface area contributed by atoms with Crippen LogP contribution in [0.4, 0.5) is 4.39 Å². The molecule has 106 valence electrons. The molecule has 0 saturated heterocycles. The van der Waals surface area contributed by atoms with Gasteiger partial charge in [0.15, 0.2) is 0 Å². The second kappa shape index (κ2) is 7.01. The van der Waals surface area contributed by atoms with Crippen molar-refractivity contribution in [2.24, 2.45) is 5.73 Å². The van der Waals surface area contributed by atoms with Crippen molar-refractivity contribution in [1.29, 1.82) is 0 Å². The fourth-order valence-electron chi connectivity index (χ4n) is 1.87. The highest BCUT2D eigenvalue weighted by atomic mass is 19.1. The van der Waals surface area contributed by atoms with Crippen LogP contribution in [0.1, 0.15) is 24.5 Å². The Bertz CT molecular complexity index is 542. The summed E-state index contributed by atoms with van der Waals surface area (Å²) < 4.78 is 18.6. The topological polar surface area (TPSA) is 48.1 Å². The van der Waals surface area contributed by atoms with E-state index >= 15 is 0 Å². The van der Waals surface area contributed by atoms with Crippen molar-refractivity contribution in [3.05, 3.63) is 59.7 Å². The van der Waals surface area contributed by atoms with Gasteiger partial charge in [0.05, 0.1) is 6.20 Å². The molecule has 0 bridgehead atoms. The third-order valence-electron chi connectivity index (χ3n) is 3.11. The van der Waals surface area contributed by atoms with Gasteiger partial charge in [0.1, 0.15) is 18.2 Å². The average Bonchev–Trinajstić information content (AvgIpc) is 2.46. The van der Waals surface area contributed by atoms with Crippen LogP contribution < -0.4 is 10.5 Å². The maximum Gasteiger partial charge on any atom is 0.141 e. The predicted molar refractivity (Wildman–Crippen MR) is 76.9 cm³/mol. The van der Waals surface area contributed by atoms with Crippen LogP contribution >= 0.6 is 0 Å². The first-order chi connectivity index (χ1) is 9.67. The summed E-state index contributed by atoms with van der Waals surface area (Å²) >= 11 is 0. The summed E-state index contributed by atoms with van der Waals surface area (Å²) in [5.41, 5.74) is 7.82. The molecule has 3 nitrogen and oxygen atoms in total. The minimum Gasteiger partial charge on any atom is -0.489 e. The Hall–Kier alpha value is -1.94. The predicted octanol–water partition coefficient (Wildman–Crippen LogP) is 3.08. The fraction of sp³-hybridized carbons (Fsp3) is 0.312. The number of nitrogens with two attached hydrogens (primary N) is 1. The van der Waals surface area contributed by atoms with Gasteiger partial charge in [-0.1, -0.05) is 19.1 Å². The number of rotatable bonds is 6. The lowest BCUT2D eigenvalue weighted by Gasteiger charge is -2.10. The molecular formula is C16H19FN2O. The van der Waals surface area contributed by atoms with Crippen molar-refractivity contribution >= 4 is 0 Å². The lowest BCUT2D eigenvalue weighted by molar-refractivity contribution is 0.305. The van der Waals surface area contributed by atoms with Crippen LogP contribution in [0.3, 0.4) is 0 Å². The van der Waals surface area contributed by atoms with E-state index in [1.54, 1.807) is 6.20 Å². The third-order valence-corrected chi connectivity index (χ3v) is 3.11. The summed E-state index contributed by atoms with van der Waals surface area (Å²) in [6, 6.07) is 9.44. The van der Waals surface area contributed by atoms with Gasteiger partial charge in [-0.15, -0.1) is 0 Å². The number of hydrogen-bond donors (Lipinski definition) is 1. The van der Waals surface area contributed by atoms with Crippen molar-refractivity contribution < 1.29 is 9.13 Å². The highest BCUT2D eigenvalue weighted by molar-refractivity contribution is 5.28. The standard InChI is InChI=1S/C16H19FN2O/c1-2-15(18)8-12-3-5-16(6-4-12)20-11-13-7-14(17)10-19-9-13/h3-7,9-10,15H,2,8,11,18H2,1H3. The van der Waals surface area contributed by atoms with Crippen LogP contribution in [0.2, 0.25) is 0 Å². The first-order valence-corrected chi connectivity index (χ1v) is 6.74. The van der Waals surface area contributed by atoms with Crippen LogP contribution in [0.5, 0.6) is 5.75 Å². The first kappa shape index (κ1) is 14.5. The number of pyridine rings is 1. The maximum absolute atomic E-state index is 13.0. The van der Waals surface area contributed by atoms with Crippen LogP contribution in [0.15, 0.2) is 42.7 Å². The molecule has 0 fully saturated rings. The van der Waals surface area contributed by atoms with Crippen molar-refractivity contribution in [3.63, 3.8) is 0 Å². The molecule has 0 amide bonds. The molecular weight excluding hydrogens is 255 g/mol. The zero-order valence-corrected chi connectivity index (χ0v) is 11.6. The van der Waals surface area contributed by atoms with Gasteiger partial charge >= 0.3 is 0 Å². The van der Waals surface area contributed by atoms with Gasteiger partial charge in [-0.3, -0.25) is 4.98 Å². The van der Waals surface area contributed by atoms with Gasteiger partial charge in [-0.25, -0.2) is 4.39 Å². The fourth-order valence-corrected chi connectivity index (χ4v) is 1.87. The highest BCUT2D eigenvalue weighted by Gasteiger charge is 2.02. The Morgan fingerprint density at radius 2 is 1.95 bits per heavy atom. The lowest BCUT2D eigenvalue weighted by atomic mass is 10.0. The van der Waals surface area contributed by atoms with Gasteiger partial charge in [0.25, 0.3) is 0 Å². The largest absolute Gasteiger partial charge is 0.489 e. The second-order valence-corrected chi connectivity index (χ2v) is 4.82. The van der Waals surface area contributed by atoms with Gasteiger partial charge in [-0.2, -0.15) is 0 Å². The number of halogens is 1. The van der Waals surface area contributed by atoms with E-state index in [-0.39, 0.29) is 11.9 Å². The van der Waals surface area contributed by atoms with E-state index < -0.39 is 0 Å². The smallest absolute Gasteiger partial charge is 0.141 e. The maximum atomic E-state index is 13.0. The average molecular weight is 274 g/mol. The Morgan fingerprint density at radius 1 is 1.20 bits per heavy atom. The molecule has 0 radical (unpaired) electrons. The first-order valence-electron chi connectivity index (χ1n) is 6.74. The summed E-state index contributed by atoms with van der Waals surface area (Å²) in [6.45, 7) is 2.38. The highest BCUT2D eigenvalue weighted by Crippen LogP contribution is 2.15. The lowest BCUT2D eigenvalue weighted by Crippen LogP contribution is -2.21.